The summed E-state index contributed by atoms with van der Waals surface area (Å²) in [4.78, 5) is 17.8. The van der Waals surface area contributed by atoms with Gasteiger partial charge >= 0.3 is 7.82 Å². The first-order valence-electron chi connectivity index (χ1n) is 8.86. The van der Waals surface area contributed by atoms with Gasteiger partial charge in [0, 0.05) is 11.5 Å². The predicted molar refractivity (Wildman–Crippen MR) is 115 cm³/mol. The van der Waals surface area contributed by atoms with Gasteiger partial charge in [-0.05, 0) is 54.7 Å². The number of hydrogen-bond donors (Lipinski definition) is 2. The maximum absolute atomic E-state index is 10.9. The van der Waals surface area contributed by atoms with Gasteiger partial charge in [0.1, 0.15) is 0 Å². The Bertz CT molecular complexity index is 576. The molecule has 0 aliphatic carbocycles. The van der Waals surface area contributed by atoms with Crippen molar-refractivity contribution >= 4 is 31.3 Å². The lowest BCUT2D eigenvalue weighted by molar-refractivity contribution is 0.0631. The molecule has 7 heteroatoms. The summed E-state index contributed by atoms with van der Waals surface area (Å²) in [5.41, 5.74) is 2.21. The third-order valence-electron chi connectivity index (χ3n) is 3.77. The molecule has 1 rings (SSSR count). The van der Waals surface area contributed by atoms with Crippen molar-refractivity contribution in [1.29, 1.82) is 0 Å². The third kappa shape index (κ3) is 12.4. The molecule has 0 atom stereocenters. The maximum atomic E-state index is 10.9. The fraction of sp³-hybridized carbons (Fsp3) is 0.684. The quantitative estimate of drug-likeness (QED) is 0.345. The molecule has 0 aliphatic rings. The highest BCUT2D eigenvalue weighted by molar-refractivity contribution is 7.98. The summed E-state index contributed by atoms with van der Waals surface area (Å²) in [6.07, 6.45) is 1.82. The van der Waals surface area contributed by atoms with Crippen LogP contribution < -0.4 is 0 Å². The minimum atomic E-state index is -4.43. The second-order valence-corrected chi connectivity index (χ2v) is 11.7. The highest BCUT2D eigenvalue weighted by atomic mass is 32.2. The van der Waals surface area contributed by atoms with Gasteiger partial charge in [0.05, 0.1) is 5.60 Å². The molecule has 26 heavy (non-hydrogen) atoms. The van der Waals surface area contributed by atoms with Crippen LogP contribution in [0.1, 0.15) is 58.6 Å². The largest absolute Gasteiger partial charge is 0.470 e. The van der Waals surface area contributed by atoms with Crippen LogP contribution in [-0.4, -0.2) is 26.9 Å². The van der Waals surface area contributed by atoms with E-state index in [0.29, 0.717) is 11.8 Å². The molecule has 0 fully saturated rings. The highest BCUT2D eigenvalue weighted by Crippen LogP contribution is 2.42. The SMILES string of the molecule is CC(C)(C)CCSCc1ccc(CSCCC(C)(C)OP(=O)(O)O)cc1. The van der Waals surface area contributed by atoms with E-state index in [0.717, 1.165) is 17.3 Å². The van der Waals surface area contributed by atoms with Crippen LogP contribution in [-0.2, 0) is 20.6 Å². The molecule has 0 radical (unpaired) electrons. The Morgan fingerprint density at radius 3 is 1.69 bits per heavy atom. The Kier molecular flexibility index (Phi) is 9.76. The first-order valence-corrected chi connectivity index (χ1v) is 12.7. The lowest BCUT2D eigenvalue weighted by Crippen LogP contribution is -2.23. The fourth-order valence-electron chi connectivity index (χ4n) is 2.18. The van der Waals surface area contributed by atoms with Crippen molar-refractivity contribution < 1.29 is 18.9 Å². The molecule has 0 bridgehead atoms. The van der Waals surface area contributed by atoms with Gasteiger partial charge in [-0.15, -0.1) is 0 Å². The Morgan fingerprint density at radius 2 is 1.31 bits per heavy atom. The lowest BCUT2D eigenvalue weighted by atomic mass is 9.94. The van der Waals surface area contributed by atoms with Crippen molar-refractivity contribution in [3.63, 3.8) is 0 Å². The van der Waals surface area contributed by atoms with E-state index in [1.807, 2.05) is 11.8 Å². The molecule has 0 heterocycles. The van der Waals surface area contributed by atoms with Crippen LogP contribution in [0.4, 0.5) is 0 Å². The van der Waals surface area contributed by atoms with Crippen LogP contribution in [0.25, 0.3) is 0 Å². The van der Waals surface area contributed by atoms with Gasteiger partial charge in [-0.2, -0.15) is 23.5 Å². The van der Waals surface area contributed by atoms with E-state index in [2.05, 4.69) is 45.0 Å². The molecule has 150 valence electrons. The van der Waals surface area contributed by atoms with Gasteiger partial charge in [-0.3, -0.25) is 4.52 Å². The molecule has 0 aromatic heterocycles. The van der Waals surface area contributed by atoms with Crippen LogP contribution in [0.3, 0.4) is 0 Å². The zero-order chi connectivity index (χ0) is 19.8. The zero-order valence-corrected chi connectivity index (χ0v) is 19.1. The van der Waals surface area contributed by atoms with Crippen LogP contribution >= 0.6 is 31.3 Å². The third-order valence-corrected chi connectivity index (χ3v) is 6.56. The van der Waals surface area contributed by atoms with Gasteiger partial charge in [0.15, 0.2) is 0 Å². The Labute approximate surface area is 167 Å². The molecule has 0 aliphatic heterocycles. The van der Waals surface area contributed by atoms with Crippen LogP contribution in [0.5, 0.6) is 0 Å². The molecule has 0 spiro atoms. The molecule has 0 amide bonds. The molecule has 4 nitrogen and oxygen atoms in total. The van der Waals surface area contributed by atoms with E-state index in [1.54, 1.807) is 25.6 Å². The smallest absolute Gasteiger partial charge is 0.303 e. The lowest BCUT2D eigenvalue weighted by Gasteiger charge is -2.24. The first kappa shape index (κ1) is 24.1. The molecule has 2 N–H and O–H groups in total. The Balaban J connectivity index is 2.27. The molecule has 0 saturated carbocycles. The van der Waals surface area contributed by atoms with Crippen LogP contribution in [0.15, 0.2) is 24.3 Å². The van der Waals surface area contributed by atoms with Crippen molar-refractivity contribution in [1.82, 2.24) is 0 Å². The standard InChI is InChI=1S/C19H33O4PS2/c1-18(2,3)10-12-25-14-16-6-8-17(9-7-16)15-26-13-11-19(4,5)23-24(20,21)22/h6-9H,10-15H2,1-5H3,(H2,20,21,22). The molecule has 0 saturated heterocycles. The number of hydrogen-bond acceptors (Lipinski definition) is 4. The Hall–Kier alpha value is 0.0300. The second-order valence-electron chi connectivity index (χ2n) is 8.32. The molecule has 1 aromatic carbocycles. The van der Waals surface area contributed by atoms with E-state index in [4.69, 9.17) is 14.3 Å². The number of rotatable bonds is 11. The van der Waals surface area contributed by atoms with E-state index < -0.39 is 13.4 Å². The normalized spacial score (nSPS) is 13.2. The van der Waals surface area contributed by atoms with E-state index in [9.17, 15) is 4.57 Å². The van der Waals surface area contributed by atoms with Gasteiger partial charge < -0.3 is 9.79 Å². The summed E-state index contributed by atoms with van der Waals surface area (Å²) in [5, 5.41) is 0. The minimum absolute atomic E-state index is 0.402. The summed E-state index contributed by atoms with van der Waals surface area (Å²) in [7, 11) is -4.43. The molecular weight excluding hydrogens is 387 g/mol. The van der Waals surface area contributed by atoms with E-state index in [-0.39, 0.29) is 0 Å². The highest BCUT2D eigenvalue weighted by Gasteiger charge is 2.28. The topological polar surface area (TPSA) is 66.8 Å². The average molecular weight is 421 g/mol. The number of benzene rings is 1. The van der Waals surface area contributed by atoms with Crippen molar-refractivity contribution in [2.45, 2.75) is 64.6 Å². The summed E-state index contributed by atoms with van der Waals surface area (Å²) in [5.74, 6) is 3.92. The fourth-order valence-corrected chi connectivity index (χ4v) is 5.45. The van der Waals surface area contributed by atoms with Gasteiger partial charge in [-0.1, -0.05) is 45.0 Å². The monoisotopic (exact) mass is 420 g/mol. The van der Waals surface area contributed by atoms with Crippen molar-refractivity contribution in [2.75, 3.05) is 11.5 Å². The second kappa shape index (κ2) is 10.5. The molecule has 0 unspecified atom stereocenters. The van der Waals surface area contributed by atoms with Gasteiger partial charge in [0.2, 0.25) is 0 Å². The van der Waals surface area contributed by atoms with Crippen molar-refractivity contribution in [3.8, 4) is 0 Å². The predicted octanol–water partition coefficient (Wildman–Crippen LogP) is 5.87. The number of thioether (sulfide) groups is 2. The summed E-state index contributed by atoms with van der Waals surface area (Å²) in [6, 6.07) is 8.73. The summed E-state index contributed by atoms with van der Waals surface area (Å²) >= 11 is 3.74. The van der Waals surface area contributed by atoms with Crippen LogP contribution in [0.2, 0.25) is 0 Å². The minimum Gasteiger partial charge on any atom is -0.303 e. The number of phosphoric acid groups is 1. The van der Waals surface area contributed by atoms with Crippen LogP contribution in [0, 0.1) is 5.41 Å². The Morgan fingerprint density at radius 1 is 0.885 bits per heavy atom. The van der Waals surface area contributed by atoms with E-state index >= 15 is 0 Å². The average Bonchev–Trinajstić information content (AvgIpc) is 2.46. The first-order chi connectivity index (χ1) is 11.9. The van der Waals surface area contributed by atoms with Gasteiger partial charge in [-0.25, -0.2) is 4.57 Å². The van der Waals surface area contributed by atoms with Crippen molar-refractivity contribution in [3.05, 3.63) is 35.4 Å². The molecular formula is C19H33O4PS2. The number of phosphoric ester groups is 1. The van der Waals surface area contributed by atoms with E-state index in [1.165, 1.54) is 23.3 Å². The summed E-state index contributed by atoms with van der Waals surface area (Å²) < 4.78 is 15.8. The maximum Gasteiger partial charge on any atom is 0.470 e. The van der Waals surface area contributed by atoms with Gasteiger partial charge in [0.25, 0.3) is 0 Å². The van der Waals surface area contributed by atoms with Crippen molar-refractivity contribution in [2.24, 2.45) is 5.41 Å². The molecule has 1 aromatic rings. The zero-order valence-electron chi connectivity index (χ0n) is 16.5. The summed E-state index contributed by atoms with van der Waals surface area (Å²) in [6.45, 7) is 10.2.